The first kappa shape index (κ1) is 13.4. The Hall–Kier alpha value is -1.63. The first-order valence-electron chi connectivity index (χ1n) is 4.81. The molecule has 0 aliphatic carbocycles. The molecule has 0 fully saturated rings. The number of pyridine rings is 1. The first-order chi connectivity index (χ1) is 7.82. The van der Waals surface area contributed by atoms with E-state index in [-0.39, 0.29) is 6.54 Å². The van der Waals surface area contributed by atoms with Crippen molar-refractivity contribution in [3.63, 3.8) is 0 Å². The number of aliphatic hydroxyl groups excluding tert-OH is 1. The summed E-state index contributed by atoms with van der Waals surface area (Å²) in [6.07, 6.45) is -4.37. The number of amides is 1. The van der Waals surface area contributed by atoms with Crippen molar-refractivity contribution in [2.75, 3.05) is 6.54 Å². The second kappa shape index (κ2) is 5.13. The van der Waals surface area contributed by atoms with E-state index in [1.165, 1.54) is 6.92 Å². The molecule has 17 heavy (non-hydrogen) atoms. The quantitative estimate of drug-likeness (QED) is 0.845. The van der Waals surface area contributed by atoms with Gasteiger partial charge in [0.15, 0.2) is 0 Å². The highest BCUT2D eigenvalue weighted by Gasteiger charge is 2.35. The number of rotatable bonds is 3. The van der Waals surface area contributed by atoms with E-state index in [0.29, 0.717) is 0 Å². The third kappa shape index (κ3) is 3.70. The summed E-state index contributed by atoms with van der Waals surface area (Å²) >= 11 is 0. The zero-order valence-electron chi connectivity index (χ0n) is 8.95. The van der Waals surface area contributed by atoms with E-state index in [9.17, 15) is 18.0 Å². The molecule has 7 heteroatoms. The number of hydrogen-bond donors (Lipinski definition) is 2. The van der Waals surface area contributed by atoms with Crippen LogP contribution >= 0.6 is 0 Å². The number of carbonyl (C=O) groups excluding carboxylic acids is 1. The minimum Gasteiger partial charge on any atom is -0.392 e. The van der Waals surface area contributed by atoms with Crippen LogP contribution in [0.4, 0.5) is 13.2 Å². The van der Waals surface area contributed by atoms with Crippen LogP contribution in [0.25, 0.3) is 0 Å². The number of aromatic nitrogens is 1. The lowest BCUT2D eigenvalue weighted by molar-refractivity contribution is -0.138. The molecule has 1 rings (SSSR count). The van der Waals surface area contributed by atoms with Gasteiger partial charge in [0.25, 0.3) is 5.91 Å². The highest BCUT2D eigenvalue weighted by molar-refractivity contribution is 5.93. The summed E-state index contributed by atoms with van der Waals surface area (Å²) in [7, 11) is 0. The van der Waals surface area contributed by atoms with Gasteiger partial charge >= 0.3 is 6.18 Å². The van der Waals surface area contributed by atoms with E-state index < -0.39 is 29.4 Å². The molecule has 0 aliphatic rings. The van der Waals surface area contributed by atoms with Crippen molar-refractivity contribution in [1.82, 2.24) is 10.3 Å². The van der Waals surface area contributed by atoms with Gasteiger partial charge in [-0.25, -0.2) is 0 Å². The Balaban J connectivity index is 2.94. The van der Waals surface area contributed by atoms with Crippen molar-refractivity contribution in [3.8, 4) is 0 Å². The normalized spacial score (nSPS) is 13.2. The molecule has 94 valence electrons. The van der Waals surface area contributed by atoms with Crippen LogP contribution in [0, 0.1) is 0 Å². The molecule has 1 aromatic rings. The fourth-order valence-corrected chi connectivity index (χ4v) is 1.14. The van der Waals surface area contributed by atoms with Crippen LogP contribution in [0.3, 0.4) is 0 Å². The lowest BCUT2D eigenvalue weighted by Gasteiger charge is -2.12. The van der Waals surface area contributed by atoms with Crippen LogP contribution in [0.5, 0.6) is 0 Å². The molecule has 0 aromatic carbocycles. The monoisotopic (exact) mass is 248 g/mol. The summed E-state index contributed by atoms with van der Waals surface area (Å²) in [4.78, 5) is 14.8. The van der Waals surface area contributed by atoms with Crippen LogP contribution in [-0.4, -0.2) is 28.6 Å². The van der Waals surface area contributed by atoms with Crippen molar-refractivity contribution < 1.29 is 23.1 Å². The molecule has 0 saturated carbocycles. The third-order valence-electron chi connectivity index (χ3n) is 1.89. The maximum absolute atomic E-state index is 12.5. The summed E-state index contributed by atoms with van der Waals surface area (Å²) in [5.41, 5.74) is -1.79. The largest absolute Gasteiger partial charge is 0.418 e. The Morgan fingerprint density at radius 1 is 1.59 bits per heavy atom. The summed E-state index contributed by atoms with van der Waals surface area (Å²) < 4.78 is 37.6. The van der Waals surface area contributed by atoms with Crippen LogP contribution in [-0.2, 0) is 6.18 Å². The molecule has 1 atom stereocenters. The SMILES string of the molecule is CC(O)CNC(=O)c1ncccc1C(F)(F)F. The minimum absolute atomic E-state index is 0.132. The van der Waals surface area contributed by atoms with E-state index in [1.54, 1.807) is 0 Å². The molecule has 0 bridgehead atoms. The Kier molecular flexibility index (Phi) is 4.06. The van der Waals surface area contributed by atoms with Crippen molar-refractivity contribution >= 4 is 5.91 Å². The molecule has 1 aromatic heterocycles. The lowest BCUT2D eigenvalue weighted by atomic mass is 10.1. The highest BCUT2D eigenvalue weighted by Crippen LogP contribution is 2.30. The van der Waals surface area contributed by atoms with Gasteiger partial charge in [-0.3, -0.25) is 9.78 Å². The Bertz CT molecular complexity index is 405. The topological polar surface area (TPSA) is 62.2 Å². The van der Waals surface area contributed by atoms with Gasteiger partial charge in [-0.2, -0.15) is 13.2 Å². The average molecular weight is 248 g/mol. The number of carbonyl (C=O) groups is 1. The molecule has 0 saturated heterocycles. The van der Waals surface area contributed by atoms with Crippen molar-refractivity contribution in [1.29, 1.82) is 0 Å². The van der Waals surface area contributed by atoms with Gasteiger partial charge in [-0.15, -0.1) is 0 Å². The van der Waals surface area contributed by atoms with Crippen molar-refractivity contribution in [2.45, 2.75) is 19.2 Å². The number of halogens is 3. The number of nitrogens with zero attached hydrogens (tertiary/aromatic N) is 1. The number of alkyl halides is 3. The summed E-state index contributed by atoms with van der Waals surface area (Å²) in [6, 6.07) is 1.89. The maximum Gasteiger partial charge on any atom is 0.418 e. The van der Waals surface area contributed by atoms with E-state index in [4.69, 9.17) is 5.11 Å². The van der Waals surface area contributed by atoms with Crippen LogP contribution < -0.4 is 5.32 Å². The zero-order valence-corrected chi connectivity index (χ0v) is 8.95. The van der Waals surface area contributed by atoms with Crippen LogP contribution in [0.15, 0.2) is 18.3 Å². The Morgan fingerprint density at radius 3 is 2.76 bits per heavy atom. The number of nitrogens with one attached hydrogen (secondary N) is 1. The first-order valence-corrected chi connectivity index (χ1v) is 4.81. The molecule has 0 spiro atoms. The van der Waals surface area contributed by atoms with Gasteiger partial charge in [0.05, 0.1) is 11.7 Å². The summed E-state index contributed by atoms with van der Waals surface area (Å²) in [5, 5.41) is 11.1. The van der Waals surface area contributed by atoms with Gasteiger partial charge in [0.2, 0.25) is 0 Å². The van der Waals surface area contributed by atoms with Gasteiger partial charge in [-0.1, -0.05) is 0 Å². The highest BCUT2D eigenvalue weighted by atomic mass is 19.4. The van der Waals surface area contributed by atoms with Gasteiger partial charge in [0, 0.05) is 12.7 Å². The predicted octanol–water partition coefficient (Wildman–Crippen LogP) is 1.21. The van der Waals surface area contributed by atoms with Crippen molar-refractivity contribution in [3.05, 3.63) is 29.6 Å². The van der Waals surface area contributed by atoms with E-state index in [0.717, 1.165) is 18.3 Å². The van der Waals surface area contributed by atoms with Gasteiger partial charge < -0.3 is 10.4 Å². The molecule has 0 aliphatic heterocycles. The fraction of sp³-hybridized carbons (Fsp3) is 0.400. The number of aliphatic hydroxyl groups is 1. The molecular weight excluding hydrogens is 237 g/mol. The third-order valence-corrected chi connectivity index (χ3v) is 1.89. The smallest absolute Gasteiger partial charge is 0.392 e. The van der Waals surface area contributed by atoms with Crippen LogP contribution in [0.1, 0.15) is 23.0 Å². The maximum atomic E-state index is 12.5. The van der Waals surface area contributed by atoms with Crippen LogP contribution in [0.2, 0.25) is 0 Å². The Labute approximate surface area is 95.5 Å². The van der Waals surface area contributed by atoms with Gasteiger partial charge in [-0.05, 0) is 19.1 Å². The number of hydrogen-bond acceptors (Lipinski definition) is 3. The molecular formula is C10H11F3N2O2. The van der Waals surface area contributed by atoms with Crippen molar-refractivity contribution in [2.24, 2.45) is 0 Å². The standard InChI is InChI=1S/C10H11F3N2O2/c1-6(16)5-15-9(17)8-7(10(11,12)13)3-2-4-14-8/h2-4,6,16H,5H2,1H3,(H,15,17). The second-order valence-corrected chi connectivity index (χ2v) is 3.46. The molecule has 0 radical (unpaired) electrons. The lowest BCUT2D eigenvalue weighted by Crippen LogP contribution is -2.32. The predicted molar refractivity (Wildman–Crippen MR) is 53.3 cm³/mol. The summed E-state index contributed by atoms with van der Waals surface area (Å²) in [5.74, 6) is -0.959. The minimum atomic E-state index is -4.63. The van der Waals surface area contributed by atoms with E-state index in [2.05, 4.69) is 10.3 Å². The molecule has 4 nitrogen and oxygen atoms in total. The Morgan fingerprint density at radius 2 is 2.24 bits per heavy atom. The van der Waals surface area contributed by atoms with Gasteiger partial charge in [0.1, 0.15) is 5.69 Å². The fourth-order valence-electron chi connectivity index (χ4n) is 1.14. The van der Waals surface area contributed by atoms with E-state index in [1.807, 2.05) is 0 Å². The second-order valence-electron chi connectivity index (χ2n) is 3.46. The molecule has 1 heterocycles. The molecule has 1 unspecified atom stereocenters. The zero-order chi connectivity index (χ0) is 13.1. The summed E-state index contributed by atoms with van der Waals surface area (Å²) in [6.45, 7) is 1.27. The average Bonchev–Trinajstić information content (AvgIpc) is 2.24. The molecule has 2 N–H and O–H groups in total. The molecule has 1 amide bonds. The van der Waals surface area contributed by atoms with E-state index >= 15 is 0 Å².